The Hall–Kier alpha value is -1.30. The van der Waals surface area contributed by atoms with E-state index in [-0.39, 0.29) is 11.4 Å². The van der Waals surface area contributed by atoms with Crippen LogP contribution in [0.1, 0.15) is 38.5 Å². The molecule has 5 nitrogen and oxygen atoms in total. The minimum absolute atomic E-state index is 0.132. The molecule has 1 amide bonds. The third-order valence-corrected chi connectivity index (χ3v) is 8.02. The van der Waals surface area contributed by atoms with E-state index in [9.17, 15) is 4.79 Å². The molecule has 1 aliphatic heterocycles. The average Bonchev–Trinajstić information content (AvgIpc) is 2.69. The largest absolute Gasteiger partial charge is 0.492 e. The smallest absolute Gasteiger partial charge is 0.234 e. The summed E-state index contributed by atoms with van der Waals surface area (Å²) in [5.41, 5.74) is 0.132. The summed E-state index contributed by atoms with van der Waals surface area (Å²) in [4.78, 5) is 17.6. The molecule has 0 spiro atoms. The number of halogens is 1. The second-order valence-corrected chi connectivity index (χ2v) is 10.6. The number of nitrogens with zero attached hydrogens (tertiary/aromatic N) is 2. The second-order valence-electron chi connectivity index (χ2n) is 10.2. The van der Waals surface area contributed by atoms with Gasteiger partial charge in [0.15, 0.2) is 0 Å². The third-order valence-electron chi connectivity index (χ3n) is 7.76. The summed E-state index contributed by atoms with van der Waals surface area (Å²) in [6, 6.07) is 7.51. The van der Waals surface area contributed by atoms with Gasteiger partial charge in [-0.3, -0.25) is 14.6 Å². The molecule has 1 saturated heterocycles. The summed E-state index contributed by atoms with van der Waals surface area (Å²) < 4.78 is 5.81. The van der Waals surface area contributed by atoms with Crippen LogP contribution in [0.2, 0.25) is 5.02 Å². The van der Waals surface area contributed by atoms with Crippen LogP contribution < -0.4 is 10.1 Å². The normalized spacial score (nSPS) is 33.6. The Labute approximate surface area is 185 Å². The molecule has 0 unspecified atom stereocenters. The van der Waals surface area contributed by atoms with Crippen LogP contribution in [0.4, 0.5) is 0 Å². The molecule has 30 heavy (non-hydrogen) atoms. The number of nitrogens with one attached hydrogen (secondary N) is 1. The Morgan fingerprint density at radius 2 is 1.53 bits per heavy atom. The quantitative estimate of drug-likeness (QED) is 0.718. The van der Waals surface area contributed by atoms with E-state index in [1.165, 1.54) is 38.5 Å². The molecule has 4 aliphatic carbocycles. The minimum Gasteiger partial charge on any atom is -0.492 e. The first kappa shape index (κ1) is 20.6. The summed E-state index contributed by atoms with van der Waals surface area (Å²) in [6.07, 6.45) is 7.93. The number of carbonyl (C=O) groups is 1. The summed E-state index contributed by atoms with van der Waals surface area (Å²) >= 11 is 5.91. The van der Waals surface area contributed by atoms with E-state index < -0.39 is 0 Å². The van der Waals surface area contributed by atoms with Crippen LogP contribution in [0.25, 0.3) is 0 Å². The lowest BCUT2D eigenvalue weighted by Gasteiger charge is -2.57. The van der Waals surface area contributed by atoms with Gasteiger partial charge in [0.2, 0.25) is 5.91 Å². The maximum Gasteiger partial charge on any atom is 0.234 e. The number of rotatable bonds is 7. The highest BCUT2D eigenvalue weighted by Crippen LogP contribution is 2.55. The van der Waals surface area contributed by atoms with Gasteiger partial charge in [-0.25, -0.2) is 0 Å². The zero-order chi connectivity index (χ0) is 20.6. The molecule has 1 aromatic carbocycles. The van der Waals surface area contributed by atoms with Crippen molar-refractivity contribution >= 4 is 17.5 Å². The van der Waals surface area contributed by atoms with E-state index in [1.54, 1.807) is 0 Å². The van der Waals surface area contributed by atoms with Crippen molar-refractivity contribution in [2.24, 2.45) is 17.8 Å². The fourth-order valence-corrected chi connectivity index (χ4v) is 6.92. The van der Waals surface area contributed by atoms with Gasteiger partial charge in [-0.15, -0.1) is 0 Å². The van der Waals surface area contributed by atoms with Crippen molar-refractivity contribution in [3.63, 3.8) is 0 Å². The van der Waals surface area contributed by atoms with E-state index >= 15 is 0 Å². The van der Waals surface area contributed by atoms with Crippen LogP contribution in [0.5, 0.6) is 5.75 Å². The lowest BCUT2D eigenvalue weighted by Crippen LogP contribution is -2.61. The Morgan fingerprint density at radius 3 is 2.13 bits per heavy atom. The number of piperazine rings is 1. The predicted octanol–water partition coefficient (Wildman–Crippen LogP) is 3.42. The van der Waals surface area contributed by atoms with Gasteiger partial charge in [0, 0.05) is 43.3 Å². The van der Waals surface area contributed by atoms with Crippen molar-refractivity contribution in [1.82, 2.24) is 15.1 Å². The molecule has 5 aliphatic rings. The first-order chi connectivity index (χ1) is 14.6. The molecule has 1 aromatic rings. The SMILES string of the molecule is O=C(CN1CCN(CCOc2ccc(Cl)cc2)CC1)NC12CC3CC(CC(C3)C1)C2. The number of hydrogen-bond acceptors (Lipinski definition) is 4. The summed E-state index contributed by atoms with van der Waals surface area (Å²) in [7, 11) is 0. The van der Waals surface area contributed by atoms with E-state index in [0.717, 1.165) is 61.2 Å². The minimum atomic E-state index is 0.132. The van der Waals surface area contributed by atoms with Gasteiger partial charge < -0.3 is 10.1 Å². The first-order valence-electron chi connectivity index (χ1n) is 11.7. The molecule has 6 rings (SSSR count). The maximum absolute atomic E-state index is 12.8. The Balaban J connectivity index is 1.02. The van der Waals surface area contributed by atoms with Gasteiger partial charge in [0.05, 0.1) is 6.54 Å². The monoisotopic (exact) mass is 431 g/mol. The van der Waals surface area contributed by atoms with Gasteiger partial charge in [-0.05, 0) is 80.5 Å². The lowest BCUT2D eigenvalue weighted by atomic mass is 9.53. The molecule has 164 valence electrons. The van der Waals surface area contributed by atoms with Crippen LogP contribution in [0.15, 0.2) is 24.3 Å². The molecule has 6 heteroatoms. The van der Waals surface area contributed by atoms with Crippen LogP contribution in [0.3, 0.4) is 0 Å². The molecule has 1 N–H and O–H groups in total. The first-order valence-corrected chi connectivity index (χ1v) is 12.1. The van der Waals surface area contributed by atoms with E-state index in [4.69, 9.17) is 16.3 Å². The molecule has 4 bridgehead atoms. The molecular formula is C24H34ClN3O2. The lowest BCUT2D eigenvalue weighted by molar-refractivity contribution is -0.128. The summed E-state index contributed by atoms with van der Waals surface area (Å²) in [5, 5.41) is 4.24. The molecule has 1 heterocycles. The standard InChI is InChI=1S/C24H34ClN3O2/c25-21-1-3-22(4-2-21)30-10-9-27-5-7-28(8-6-27)17-23(29)26-24-14-18-11-19(15-24)13-20(12-18)16-24/h1-4,18-20H,5-17H2,(H,26,29). The highest BCUT2D eigenvalue weighted by Gasteiger charge is 2.51. The fourth-order valence-electron chi connectivity index (χ4n) is 6.80. The third kappa shape index (κ3) is 4.79. The van der Waals surface area contributed by atoms with Crippen molar-refractivity contribution in [2.75, 3.05) is 45.9 Å². The van der Waals surface area contributed by atoms with Gasteiger partial charge >= 0.3 is 0 Å². The number of carbonyl (C=O) groups excluding carboxylic acids is 1. The number of ether oxygens (including phenoxy) is 1. The molecule has 5 fully saturated rings. The van der Waals surface area contributed by atoms with Gasteiger partial charge in [-0.1, -0.05) is 11.6 Å². The fraction of sp³-hybridized carbons (Fsp3) is 0.708. The highest BCUT2D eigenvalue weighted by atomic mass is 35.5. The van der Waals surface area contributed by atoms with Crippen LogP contribution >= 0.6 is 11.6 Å². The Morgan fingerprint density at radius 1 is 0.967 bits per heavy atom. The average molecular weight is 432 g/mol. The van der Waals surface area contributed by atoms with E-state index in [1.807, 2.05) is 24.3 Å². The molecular weight excluding hydrogens is 398 g/mol. The Kier molecular flexibility index (Phi) is 5.96. The number of hydrogen-bond donors (Lipinski definition) is 1. The molecule has 0 aromatic heterocycles. The van der Waals surface area contributed by atoms with Crippen molar-refractivity contribution < 1.29 is 9.53 Å². The van der Waals surface area contributed by atoms with Crippen molar-refractivity contribution in [3.8, 4) is 5.75 Å². The van der Waals surface area contributed by atoms with Crippen LogP contribution in [0, 0.1) is 17.8 Å². The number of amides is 1. The van der Waals surface area contributed by atoms with Gasteiger partial charge in [0.25, 0.3) is 0 Å². The maximum atomic E-state index is 12.8. The summed E-state index contributed by atoms with van der Waals surface area (Å²) in [5.74, 6) is 3.72. The second kappa shape index (κ2) is 8.68. The van der Waals surface area contributed by atoms with Crippen molar-refractivity contribution in [3.05, 3.63) is 29.3 Å². The van der Waals surface area contributed by atoms with Crippen LogP contribution in [-0.2, 0) is 4.79 Å². The molecule has 4 saturated carbocycles. The topological polar surface area (TPSA) is 44.8 Å². The summed E-state index contributed by atoms with van der Waals surface area (Å²) in [6.45, 7) is 6.04. The van der Waals surface area contributed by atoms with E-state index in [2.05, 4.69) is 15.1 Å². The zero-order valence-electron chi connectivity index (χ0n) is 17.8. The number of benzene rings is 1. The Bertz CT molecular complexity index is 710. The van der Waals surface area contributed by atoms with Crippen molar-refractivity contribution in [1.29, 1.82) is 0 Å². The van der Waals surface area contributed by atoms with Gasteiger partial charge in [0.1, 0.15) is 12.4 Å². The van der Waals surface area contributed by atoms with E-state index in [0.29, 0.717) is 13.2 Å². The highest BCUT2D eigenvalue weighted by molar-refractivity contribution is 6.30. The molecule has 0 radical (unpaired) electrons. The van der Waals surface area contributed by atoms with Crippen LogP contribution in [-0.4, -0.2) is 67.1 Å². The van der Waals surface area contributed by atoms with Gasteiger partial charge in [-0.2, -0.15) is 0 Å². The zero-order valence-corrected chi connectivity index (χ0v) is 18.6. The van der Waals surface area contributed by atoms with Crippen molar-refractivity contribution in [2.45, 2.75) is 44.1 Å². The predicted molar refractivity (Wildman–Crippen MR) is 119 cm³/mol. The molecule has 0 atom stereocenters.